The summed E-state index contributed by atoms with van der Waals surface area (Å²) in [6.07, 6.45) is 1.76. The molecule has 0 heterocycles. The number of carbonyl (C=O) groups is 1. The lowest BCUT2D eigenvalue weighted by molar-refractivity contribution is -0.119. The highest BCUT2D eigenvalue weighted by molar-refractivity contribution is 7.88. The fourth-order valence-corrected chi connectivity index (χ4v) is 198. The number of hydrogen-bond acceptors (Lipinski definition) is 3. The predicted molar refractivity (Wildman–Crippen MR) is 205 cm³/mol. The molecule has 0 aliphatic carbocycles. The van der Waals surface area contributed by atoms with E-state index in [1.54, 1.807) is 6.92 Å². The summed E-state index contributed by atoms with van der Waals surface area (Å²) >= 11 is 0. The summed E-state index contributed by atoms with van der Waals surface area (Å²) in [5.41, 5.74) is 0. The monoisotopic (exact) mass is 694 g/mol. The zero-order chi connectivity index (χ0) is 32.7. The van der Waals surface area contributed by atoms with Gasteiger partial charge in [-0.05, 0) is 12.8 Å². The fourth-order valence-electron chi connectivity index (χ4n) is 10.0. The average Bonchev–Trinajstić information content (AvgIpc) is 2.64. The second-order valence-corrected chi connectivity index (χ2v) is 98.1. The van der Waals surface area contributed by atoms with E-state index in [-0.39, 0.29) is 23.9 Å². The lowest BCUT2D eigenvalue weighted by Gasteiger charge is -2.60. The van der Waals surface area contributed by atoms with Gasteiger partial charge >= 0.3 is 0 Å². The lowest BCUT2D eigenvalue weighted by atomic mass is 9.86. The summed E-state index contributed by atoms with van der Waals surface area (Å²) in [7, 11) is -9.82. The Morgan fingerprint density at radius 3 is 1.05 bits per heavy atom. The Hall–Kier alpha value is 1.33. The minimum Gasteiger partial charge on any atom is -0.422 e. The summed E-state index contributed by atoms with van der Waals surface area (Å²) in [6.45, 7) is 51.7. The Kier molecular flexibility index (Phi) is 13.8. The van der Waals surface area contributed by atoms with E-state index in [9.17, 15) is 4.79 Å². The maximum Gasteiger partial charge on any atom is 0.158 e. The first-order valence-electron chi connectivity index (χ1n) is 16.1. The third kappa shape index (κ3) is 8.32. The molecule has 11 heteroatoms. The van der Waals surface area contributed by atoms with Crippen LogP contribution in [0.2, 0.25) is 118 Å². The molecule has 0 aromatic rings. The summed E-state index contributed by atoms with van der Waals surface area (Å²) in [4.78, 5) is 13.0. The van der Waals surface area contributed by atoms with Gasteiger partial charge in [0.25, 0.3) is 0 Å². The molecule has 0 aromatic carbocycles. The van der Waals surface area contributed by atoms with E-state index in [2.05, 4.69) is 139 Å². The second kappa shape index (κ2) is 13.4. The molecule has 240 valence electrons. The minimum absolute atomic E-state index is 0.0371. The van der Waals surface area contributed by atoms with E-state index < -0.39 is 59.3 Å². The van der Waals surface area contributed by atoms with Crippen molar-refractivity contribution in [1.29, 1.82) is 0 Å². The average molecular weight is 696 g/mol. The first-order chi connectivity index (χ1) is 17.3. The van der Waals surface area contributed by atoms with Crippen molar-refractivity contribution in [1.82, 2.24) is 0 Å². The van der Waals surface area contributed by atoms with Crippen molar-refractivity contribution >= 4 is 65.1 Å². The number of rotatable bonds is 16. The molecule has 0 spiro atoms. The van der Waals surface area contributed by atoms with Gasteiger partial charge in [0.15, 0.2) is 13.7 Å². The molecule has 4 atom stereocenters. The van der Waals surface area contributed by atoms with Gasteiger partial charge in [-0.15, -0.1) is 0 Å². The Labute approximate surface area is 259 Å². The topological polar surface area (TPSA) is 35.5 Å². The first-order valence-corrected chi connectivity index (χ1v) is 46.9. The van der Waals surface area contributed by atoms with Crippen LogP contribution in [0.15, 0.2) is 0 Å². The summed E-state index contributed by atoms with van der Waals surface area (Å²) in [6, 6.07) is 0. The van der Waals surface area contributed by atoms with Gasteiger partial charge in [-0.25, -0.2) is 0 Å². The first kappa shape index (κ1) is 41.3. The molecule has 0 saturated carbocycles. The summed E-state index contributed by atoms with van der Waals surface area (Å²) in [5.74, 6) is 0.935. The number of ketones is 1. The maximum absolute atomic E-state index is 13.0. The van der Waals surface area contributed by atoms with Gasteiger partial charge in [-0.1, -0.05) is 145 Å². The smallest absolute Gasteiger partial charge is 0.158 e. The van der Waals surface area contributed by atoms with Gasteiger partial charge in [0.1, 0.15) is 5.78 Å². The Bertz CT molecular complexity index is 764. The highest BCUT2D eigenvalue weighted by Crippen LogP contribution is 2.44. The lowest BCUT2D eigenvalue weighted by Crippen LogP contribution is -2.86. The van der Waals surface area contributed by atoms with Gasteiger partial charge in [0.2, 0.25) is 0 Å². The van der Waals surface area contributed by atoms with Crippen molar-refractivity contribution in [3.63, 3.8) is 0 Å². The van der Waals surface area contributed by atoms with Crippen LogP contribution in [-0.4, -0.2) is 77.3 Å². The van der Waals surface area contributed by atoms with Crippen molar-refractivity contribution in [3.8, 4) is 0 Å². The minimum atomic E-state index is -2.11. The van der Waals surface area contributed by atoms with Crippen molar-refractivity contribution in [2.75, 3.05) is 0 Å². The van der Waals surface area contributed by atoms with Crippen molar-refractivity contribution in [2.45, 2.75) is 171 Å². The summed E-state index contributed by atoms with van der Waals surface area (Å²) in [5, 5.41) is 0. The molecule has 0 aliphatic heterocycles. The third-order valence-electron chi connectivity index (χ3n) is 9.78. The molecule has 0 unspecified atom stereocenters. The third-order valence-corrected chi connectivity index (χ3v) is 145. The Morgan fingerprint density at radius 2 is 0.825 bits per heavy atom. The summed E-state index contributed by atoms with van der Waals surface area (Å²) < 4.78 is 16.0. The van der Waals surface area contributed by atoms with Crippen molar-refractivity contribution < 1.29 is 13.6 Å². The molecule has 0 fully saturated rings. The zero-order valence-electron chi connectivity index (χ0n) is 31.4. The van der Waals surface area contributed by atoms with Crippen LogP contribution >= 0.6 is 0 Å². The maximum atomic E-state index is 13.0. The molecular formula is C29H74O3Si8. The quantitative estimate of drug-likeness (QED) is 0.151. The van der Waals surface area contributed by atoms with Crippen LogP contribution in [0, 0.1) is 11.8 Å². The van der Waals surface area contributed by atoms with E-state index >= 15 is 0 Å². The van der Waals surface area contributed by atoms with Gasteiger partial charge in [0.05, 0.1) is 57.8 Å². The van der Waals surface area contributed by atoms with Gasteiger partial charge < -0.3 is 8.85 Å². The normalized spacial score (nSPS) is 18.4. The molecule has 0 saturated heterocycles. The SMILES string of the molecule is CC[C@H](C)[C@@H](O[Si]([Si](C)(C)C)([Si](C)(C)C)[Si](C)(C)C)[C@@H](C)[C@@H](CC(C)=O)O[Si]([Si](C)(C)C)([Si](C)(C)C)[Si](C)(C)C. The molecule has 0 N–H and O–H groups in total. The second-order valence-electron chi connectivity index (χ2n) is 19.3. The Morgan fingerprint density at radius 1 is 0.550 bits per heavy atom. The van der Waals surface area contributed by atoms with E-state index in [0.717, 1.165) is 6.42 Å². The van der Waals surface area contributed by atoms with E-state index in [1.807, 2.05) is 0 Å². The van der Waals surface area contributed by atoms with Crippen LogP contribution < -0.4 is 0 Å². The van der Waals surface area contributed by atoms with Crippen molar-refractivity contribution in [3.05, 3.63) is 0 Å². The van der Waals surface area contributed by atoms with Gasteiger partial charge in [0, 0.05) is 12.3 Å². The fraction of sp³-hybridized carbons (Fsp3) is 0.966. The Balaban J connectivity index is 7.48. The zero-order valence-corrected chi connectivity index (χ0v) is 39.4. The molecule has 0 rings (SSSR count). The van der Waals surface area contributed by atoms with E-state index in [4.69, 9.17) is 8.85 Å². The molecule has 3 nitrogen and oxygen atoms in total. The predicted octanol–water partition coefficient (Wildman–Crippen LogP) is 9.81. The molecular weight excluding hydrogens is 621 g/mol. The molecule has 0 bridgehead atoms. The largest absolute Gasteiger partial charge is 0.422 e. The van der Waals surface area contributed by atoms with Crippen LogP contribution in [0.4, 0.5) is 0 Å². The number of hydrogen-bond donors (Lipinski definition) is 0. The molecule has 0 radical (unpaired) electrons. The molecule has 40 heavy (non-hydrogen) atoms. The number of Topliss-reactive ketones (excluding diaryl/α,β-unsaturated/α-hetero) is 1. The number of carbonyl (C=O) groups excluding carboxylic acids is 1. The molecule has 0 aromatic heterocycles. The van der Waals surface area contributed by atoms with Gasteiger partial charge in [-0.2, -0.15) is 0 Å². The van der Waals surface area contributed by atoms with E-state index in [1.165, 1.54) is 0 Å². The highest BCUT2D eigenvalue weighted by atomic mass is 29.9. The van der Waals surface area contributed by atoms with Crippen LogP contribution in [0.1, 0.15) is 40.5 Å². The standard InChI is InChI=1S/C29H74O3Si8/c1-23-25(2)29(32-40(36(14,15)16,37(17,18)19)38(20,21)22)27(4)28(24-26(3)30)31-39(33(5,6)7,34(8,9)10)35(11,12)13/h25,27-29H,23-24H2,1-22H3/t25-,27-,28+,29+/m0/s1. The van der Waals surface area contributed by atoms with Crippen LogP contribution in [-0.2, 0) is 13.6 Å². The van der Waals surface area contributed by atoms with Crippen LogP contribution in [0.3, 0.4) is 0 Å². The van der Waals surface area contributed by atoms with Crippen LogP contribution in [0.25, 0.3) is 0 Å². The van der Waals surface area contributed by atoms with Crippen molar-refractivity contribution in [2.24, 2.45) is 11.8 Å². The molecule has 0 aliphatic rings. The van der Waals surface area contributed by atoms with Crippen LogP contribution in [0.5, 0.6) is 0 Å². The van der Waals surface area contributed by atoms with Gasteiger partial charge in [-0.3, -0.25) is 4.79 Å². The highest BCUT2D eigenvalue weighted by Gasteiger charge is 2.67. The van der Waals surface area contributed by atoms with E-state index in [0.29, 0.717) is 12.3 Å². The molecule has 0 amide bonds.